The molecule has 0 saturated heterocycles. The molecule has 1 N–H and O–H groups in total. The minimum absolute atomic E-state index is 0.665. The van der Waals surface area contributed by atoms with Gasteiger partial charge in [-0.15, -0.1) is 11.3 Å². The first-order chi connectivity index (χ1) is 7.29. The number of thiophene rings is 1. The van der Waals surface area contributed by atoms with Gasteiger partial charge in [-0.25, -0.2) is 0 Å². The fraction of sp³-hybridized carbons (Fsp3) is 0.667. The average molecular weight is 244 g/mol. The molecule has 1 aliphatic carbocycles. The van der Waals surface area contributed by atoms with Crippen LogP contribution < -0.4 is 5.32 Å². The highest BCUT2D eigenvalue weighted by Crippen LogP contribution is 2.32. The SMILES string of the molecule is CCNC(Cc1ccc(Cl)s1)C1CCC1. The number of nitrogens with one attached hydrogen (secondary N) is 1. The van der Waals surface area contributed by atoms with Gasteiger partial charge in [0.1, 0.15) is 0 Å². The summed E-state index contributed by atoms with van der Waals surface area (Å²) < 4.78 is 0.911. The predicted octanol–water partition coefficient (Wildman–Crippen LogP) is 3.72. The first-order valence-corrected chi connectivity index (χ1v) is 6.96. The Kier molecular flexibility index (Phi) is 4.06. The van der Waals surface area contributed by atoms with Crippen molar-refractivity contribution in [3.05, 3.63) is 21.3 Å². The summed E-state index contributed by atoms with van der Waals surface area (Å²) in [6.07, 6.45) is 5.36. The highest BCUT2D eigenvalue weighted by Gasteiger charge is 2.26. The van der Waals surface area contributed by atoms with Crippen LogP contribution in [0, 0.1) is 5.92 Å². The zero-order valence-electron chi connectivity index (χ0n) is 9.13. The Labute approximate surface area is 101 Å². The van der Waals surface area contributed by atoms with E-state index in [-0.39, 0.29) is 0 Å². The fourth-order valence-corrected chi connectivity index (χ4v) is 3.33. The van der Waals surface area contributed by atoms with Crippen molar-refractivity contribution in [3.63, 3.8) is 0 Å². The Bertz CT molecular complexity index is 306. The van der Waals surface area contributed by atoms with E-state index in [0.29, 0.717) is 6.04 Å². The monoisotopic (exact) mass is 243 g/mol. The zero-order valence-corrected chi connectivity index (χ0v) is 10.7. The van der Waals surface area contributed by atoms with Gasteiger partial charge in [0.25, 0.3) is 0 Å². The smallest absolute Gasteiger partial charge is 0.0931 e. The third-order valence-corrected chi connectivity index (χ3v) is 4.49. The lowest BCUT2D eigenvalue weighted by molar-refractivity contribution is 0.230. The maximum Gasteiger partial charge on any atom is 0.0931 e. The van der Waals surface area contributed by atoms with E-state index < -0.39 is 0 Å². The molecule has 15 heavy (non-hydrogen) atoms. The third-order valence-electron chi connectivity index (χ3n) is 3.24. The van der Waals surface area contributed by atoms with Crippen molar-refractivity contribution in [1.82, 2.24) is 5.32 Å². The Morgan fingerprint density at radius 3 is 2.80 bits per heavy atom. The van der Waals surface area contributed by atoms with Gasteiger partial charge in [0.15, 0.2) is 0 Å². The largest absolute Gasteiger partial charge is 0.314 e. The molecule has 0 bridgehead atoms. The van der Waals surface area contributed by atoms with Gasteiger partial charge in [-0.2, -0.15) is 0 Å². The van der Waals surface area contributed by atoms with E-state index in [9.17, 15) is 0 Å². The molecule has 84 valence electrons. The van der Waals surface area contributed by atoms with Gasteiger partial charge < -0.3 is 5.32 Å². The molecule has 1 heterocycles. The molecule has 0 amide bonds. The molecule has 1 aromatic rings. The van der Waals surface area contributed by atoms with E-state index in [1.165, 1.54) is 24.1 Å². The number of rotatable bonds is 5. The lowest BCUT2D eigenvalue weighted by atomic mass is 9.78. The van der Waals surface area contributed by atoms with Crippen LogP contribution in [0.4, 0.5) is 0 Å². The van der Waals surface area contributed by atoms with Gasteiger partial charge in [-0.1, -0.05) is 24.9 Å². The molecule has 1 aromatic heterocycles. The van der Waals surface area contributed by atoms with Crippen molar-refractivity contribution in [2.45, 2.75) is 38.6 Å². The van der Waals surface area contributed by atoms with Crippen LogP contribution in [0.15, 0.2) is 12.1 Å². The summed E-state index contributed by atoms with van der Waals surface area (Å²) >= 11 is 7.67. The standard InChI is InChI=1S/C12H18ClNS/c1-2-14-11(9-4-3-5-9)8-10-6-7-12(13)15-10/h6-7,9,11,14H,2-5,8H2,1H3. The second-order valence-electron chi connectivity index (χ2n) is 4.27. The van der Waals surface area contributed by atoms with Crippen LogP contribution >= 0.6 is 22.9 Å². The molecule has 0 radical (unpaired) electrons. The minimum Gasteiger partial charge on any atom is -0.314 e. The second-order valence-corrected chi connectivity index (χ2v) is 6.06. The van der Waals surface area contributed by atoms with Gasteiger partial charge in [-0.3, -0.25) is 0 Å². The first kappa shape index (κ1) is 11.4. The van der Waals surface area contributed by atoms with Crippen molar-refractivity contribution in [2.75, 3.05) is 6.54 Å². The first-order valence-electron chi connectivity index (χ1n) is 5.77. The van der Waals surface area contributed by atoms with Gasteiger partial charge in [0, 0.05) is 10.9 Å². The number of halogens is 1. The molecule has 1 saturated carbocycles. The fourth-order valence-electron chi connectivity index (χ4n) is 2.19. The number of hydrogen-bond acceptors (Lipinski definition) is 2. The minimum atomic E-state index is 0.665. The summed E-state index contributed by atoms with van der Waals surface area (Å²) in [5.74, 6) is 0.894. The van der Waals surface area contributed by atoms with Crippen LogP contribution in [-0.4, -0.2) is 12.6 Å². The summed E-state index contributed by atoms with van der Waals surface area (Å²) in [4.78, 5) is 1.41. The molecular weight excluding hydrogens is 226 g/mol. The maximum atomic E-state index is 5.95. The van der Waals surface area contributed by atoms with E-state index >= 15 is 0 Å². The topological polar surface area (TPSA) is 12.0 Å². The molecule has 1 unspecified atom stereocenters. The van der Waals surface area contributed by atoms with E-state index in [1.807, 2.05) is 6.07 Å². The van der Waals surface area contributed by atoms with Crippen LogP contribution in [0.1, 0.15) is 31.1 Å². The average Bonchev–Trinajstić information content (AvgIpc) is 2.48. The summed E-state index contributed by atoms with van der Waals surface area (Å²) in [5.41, 5.74) is 0. The highest BCUT2D eigenvalue weighted by atomic mass is 35.5. The Balaban J connectivity index is 1.93. The van der Waals surface area contributed by atoms with Gasteiger partial charge in [0.2, 0.25) is 0 Å². The third kappa shape index (κ3) is 2.96. The Morgan fingerprint density at radius 1 is 1.53 bits per heavy atom. The van der Waals surface area contributed by atoms with Crippen LogP contribution in [0.3, 0.4) is 0 Å². The van der Waals surface area contributed by atoms with Crippen molar-refractivity contribution < 1.29 is 0 Å². The predicted molar refractivity (Wildman–Crippen MR) is 67.8 cm³/mol. The molecule has 1 atom stereocenters. The van der Waals surface area contributed by atoms with Crippen molar-refractivity contribution in [3.8, 4) is 0 Å². The van der Waals surface area contributed by atoms with Crippen LogP contribution in [0.25, 0.3) is 0 Å². The normalized spacial score (nSPS) is 18.8. The van der Waals surface area contributed by atoms with Gasteiger partial charge >= 0.3 is 0 Å². The molecule has 1 aliphatic rings. The van der Waals surface area contributed by atoms with Crippen molar-refractivity contribution in [2.24, 2.45) is 5.92 Å². The van der Waals surface area contributed by atoms with Gasteiger partial charge in [0.05, 0.1) is 4.34 Å². The van der Waals surface area contributed by atoms with E-state index in [4.69, 9.17) is 11.6 Å². The molecule has 2 rings (SSSR count). The van der Waals surface area contributed by atoms with Crippen LogP contribution in [-0.2, 0) is 6.42 Å². The molecule has 0 aromatic carbocycles. The van der Waals surface area contributed by atoms with Crippen molar-refractivity contribution in [1.29, 1.82) is 0 Å². The summed E-state index contributed by atoms with van der Waals surface area (Å²) in [6.45, 7) is 3.26. The Morgan fingerprint density at radius 2 is 2.33 bits per heavy atom. The van der Waals surface area contributed by atoms with Crippen LogP contribution in [0.5, 0.6) is 0 Å². The zero-order chi connectivity index (χ0) is 10.7. The number of likely N-dealkylation sites (N-methyl/N-ethyl adjacent to an activating group) is 1. The maximum absolute atomic E-state index is 5.95. The number of hydrogen-bond donors (Lipinski definition) is 1. The molecule has 0 spiro atoms. The van der Waals surface area contributed by atoms with E-state index in [0.717, 1.165) is 23.2 Å². The van der Waals surface area contributed by atoms with E-state index in [2.05, 4.69) is 18.3 Å². The molecular formula is C12H18ClNS. The molecule has 0 aliphatic heterocycles. The lowest BCUT2D eigenvalue weighted by Gasteiger charge is -2.34. The summed E-state index contributed by atoms with van der Waals surface area (Å²) in [6, 6.07) is 4.83. The quantitative estimate of drug-likeness (QED) is 0.831. The Hall–Kier alpha value is -0.0500. The van der Waals surface area contributed by atoms with Gasteiger partial charge in [-0.05, 0) is 43.9 Å². The van der Waals surface area contributed by atoms with Crippen LogP contribution in [0.2, 0.25) is 4.34 Å². The lowest BCUT2D eigenvalue weighted by Crippen LogP contribution is -2.40. The second kappa shape index (κ2) is 5.33. The van der Waals surface area contributed by atoms with Crippen molar-refractivity contribution >= 4 is 22.9 Å². The summed E-state index contributed by atoms with van der Waals surface area (Å²) in [5, 5.41) is 3.61. The molecule has 3 heteroatoms. The summed E-state index contributed by atoms with van der Waals surface area (Å²) in [7, 11) is 0. The van der Waals surface area contributed by atoms with E-state index in [1.54, 1.807) is 11.3 Å². The molecule has 1 nitrogen and oxygen atoms in total. The highest BCUT2D eigenvalue weighted by molar-refractivity contribution is 7.16. The molecule has 1 fully saturated rings.